The fourth-order valence-electron chi connectivity index (χ4n) is 7.44. The monoisotopic (exact) mass is 782 g/mol. The Kier molecular flexibility index (Phi) is 11.5. The molecule has 8 aromatic rings. The number of aryl methyl sites for hydroxylation is 2. The van der Waals surface area contributed by atoms with Gasteiger partial charge in [-0.05, 0) is 155 Å². The minimum atomic E-state index is -0.483. The minimum Gasteiger partial charge on any atom is -0.429 e. The molecular weight excluding hydrogens is 741 g/mol. The molecule has 0 fully saturated rings. The van der Waals surface area contributed by atoms with Crippen molar-refractivity contribution in [2.45, 2.75) is 13.8 Å². The van der Waals surface area contributed by atoms with Crippen LogP contribution in [0.15, 0.2) is 207 Å². The van der Waals surface area contributed by atoms with Crippen molar-refractivity contribution < 1.29 is 19.1 Å². The third-order valence-corrected chi connectivity index (χ3v) is 10.4. The third kappa shape index (κ3) is 8.49. The van der Waals surface area contributed by atoms with Crippen molar-refractivity contribution in [2.75, 3.05) is 9.80 Å². The Morgan fingerprint density at radius 1 is 0.450 bits per heavy atom. The number of benzene rings is 8. The Bertz CT molecular complexity index is 2750. The predicted molar refractivity (Wildman–Crippen MR) is 244 cm³/mol. The normalized spacial score (nSPS) is 10.7. The number of anilines is 6. The largest absolute Gasteiger partial charge is 0.429 e. The first kappa shape index (κ1) is 38.9. The summed E-state index contributed by atoms with van der Waals surface area (Å²) in [6.45, 7) is 8.24. The molecule has 8 rings (SSSR count). The van der Waals surface area contributed by atoms with Crippen molar-refractivity contribution in [2.24, 2.45) is 0 Å². The van der Waals surface area contributed by atoms with E-state index in [4.69, 9.17) is 9.47 Å². The zero-order valence-electron chi connectivity index (χ0n) is 33.4. The number of carbonyl (C=O) groups excluding carboxylic acids is 2. The molecule has 0 aromatic heterocycles. The van der Waals surface area contributed by atoms with E-state index in [0.29, 0.717) is 18.0 Å². The summed E-state index contributed by atoms with van der Waals surface area (Å²) in [5.41, 5.74) is 15.1. The summed E-state index contributed by atoms with van der Waals surface area (Å²) in [5.74, 6) is 0.507. The lowest BCUT2D eigenvalue weighted by Gasteiger charge is -2.28. The van der Waals surface area contributed by atoms with Crippen molar-refractivity contribution in [1.82, 2.24) is 0 Å². The second kappa shape index (κ2) is 17.7. The Balaban J connectivity index is 1.07. The number of para-hydroxylation sites is 2. The second-order valence-corrected chi connectivity index (χ2v) is 14.3. The van der Waals surface area contributed by atoms with E-state index >= 15 is 0 Å². The SMILES string of the molecule is C=CC(=O)Oc1ccc(-c2ccc(N(c3ccccc3)c3ccc(-c4ccc(N(c5ccccc5)c5ccc(-c6ccc(OC=O)cc6)cc5)c(C)c4)cc3C)cc2)cc1. The van der Waals surface area contributed by atoms with E-state index in [1.165, 1.54) is 0 Å². The van der Waals surface area contributed by atoms with Crippen molar-refractivity contribution in [3.63, 3.8) is 0 Å². The lowest BCUT2D eigenvalue weighted by atomic mass is 9.98. The van der Waals surface area contributed by atoms with Gasteiger partial charge in [-0.1, -0.05) is 104 Å². The minimum absolute atomic E-state index is 0.438. The van der Waals surface area contributed by atoms with Crippen LogP contribution in [0.1, 0.15) is 11.1 Å². The third-order valence-electron chi connectivity index (χ3n) is 10.4. The van der Waals surface area contributed by atoms with Crippen LogP contribution in [-0.4, -0.2) is 12.4 Å². The van der Waals surface area contributed by atoms with Crippen LogP contribution in [0, 0.1) is 13.8 Å². The van der Waals surface area contributed by atoms with Crippen LogP contribution >= 0.6 is 0 Å². The first-order valence-corrected chi connectivity index (χ1v) is 19.7. The number of ether oxygens (including phenoxy) is 2. The summed E-state index contributed by atoms with van der Waals surface area (Å²) >= 11 is 0. The van der Waals surface area contributed by atoms with Crippen molar-refractivity contribution in [3.8, 4) is 44.9 Å². The smallest absolute Gasteiger partial charge is 0.335 e. The molecule has 0 amide bonds. The molecule has 0 unspecified atom stereocenters. The van der Waals surface area contributed by atoms with E-state index in [1.807, 2.05) is 36.4 Å². The highest BCUT2D eigenvalue weighted by Crippen LogP contribution is 2.41. The zero-order valence-corrected chi connectivity index (χ0v) is 33.4. The summed E-state index contributed by atoms with van der Waals surface area (Å²) < 4.78 is 10.2. The number of carbonyl (C=O) groups is 2. The molecule has 0 saturated carbocycles. The average molecular weight is 783 g/mol. The molecule has 0 bridgehead atoms. The molecule has 6 nitrogen and oxygen atoms in total. The fraction of sp³-hybridized carbons (Fsp3) is 0.0370. The van der Waals surface area contributed by atoms with Crippen LogP contribution in [0.5, 0.6) is 11.5 Å². The Morgan fingerprint density at radius 2 is 0.800 bits per heavy atom. The highest BCUT2D eigenvalue weighted by Gasteiger charge is 2.18. The van der Waals surface area contributed by atoms with Crippen molar-refractivity contribution >= 4 is 46.6 Å². The number of esters is 1. The molecule has 0 N–H and O–H groups in total. The van der Waals surface area contributed by atoms with E-state index in [2.05, 4.69) is 164 Å². The summed E-state index contributed by atoms with van der Waals surface area (Å²) in [6, 6.07) is 66.2. The van der Waals surface area contributed by atoms with Crippen molar-refractivity contribution in [1.29, 1.82) is 0 Å². The fourth-order valence-corrected chi connectivity index (χ4v) is 7.44. The number of hydrogen-bond donors (Lipinski definition) is 0. The number of hydrogen-bond acceptors (Lipinski definition) is 6. The molecule has 60 heavy (non-hydrogen) atoms. The van der Waals surface area contributed by atoms with Crippen LogP contribution < -0.4 is 19.3 Å². The first-order chi connectivity index (χ1) is 29.4. The maximum Gasteiger partial charge on any atom is 0.335 e. The van der Waals surface area contributed by atoms with Gasteiger partial charge in [-0.3, -0.25) is 4.79 Å². The van der Waals surface area contributed by atoms with Gasteiger partial charge in [-0.25, -0.2) is 4.79 Å². The number of nitrogens with zero attached hydrogens (tertiary/aromatic N) is 2. The van der Waals surface area contributed by atoms with Gasteiger partial charge in [0.2, 0.25) is 0 Å². The molecule has 0 aliphatic rings. The molecule has 0 radical (unpaired) electrons. The summed E-state index contributed by atoms with van der Waals surface area (Å²) in [6.07, 6.45) is 1.15. The standard InChI is InChI=1S/C54H42N2O4/c1-4-54(58)60-51-31-21-43(22-32-51)41-17-27-49(28-18-41)56(47-13-9-6-10-14-47)53-34-24-45(36-39(53)3)44-23-33-52(38(2)35-44)55(46-11-7-5-8-12-46)48-25-15-40(16-26-48)42-19-29-50(30-20-42)59-37-57/h4-37H,1H2,2-3H3. The number of rotatable bonds is 13. The molecule has 0 saturated heterocycles. The molecule has 292 valence electrons. The van der Waals surface area contributed by atoms with E-state index in [9.17, 15) is 9.59 Å². The van der Waals surface area contributed by atoms with Crippen LogP contribution in [0.25, 0.3) is 33.4 Å². The molecule has 0 atom stereocenters. The topological polar surface area (TPSA) is 59.1 Å². The average Bonchev–Trinajstić information content (AvgIpc) is 3.29. The van der Waals surface area contributed by atoms with Crippen LogP contribution in [0.2, 0.25) is 0 Å². The van der Waals surface area contributed by atoms with Crippen LogP contribution in [0.3, 0.4) is 0 Å². The predicted octanol–water partition coefficient (Wildman–Crippen LogP) is 13.9. The molecular formula is C54H42N2O4. The van der Waals surface area contributed by atoms with Gasteiger partial charge >= 0.3 is 5.97 Å². The maximum atomic E-state index is 11.6. The van der Waals surface area contributed by atoms with E-state index in [1.54, 1.807) is 24.3 Å². The van der Waals surface area contributed by atoms with Gasteiger partial charge in [-0.2, -0.15) is 0 Å². The summed E-state index contributed by atoms with van der Waals surface area (Å²) in [5, 5.41) is 0. The van der Waals surface area contributed by atoms with E-state index in [-0.39, 0.29) is 0 Å². The van der Waals surface area contributed by atoms with Gasteiger partial charge in [0.25, 0.3) is 6.47 Å². The zero-order chi connectivity index (χ0) is 41.4. The van der Waals surface area contributed by atoms with Gasteiger partial charge in [0.05, 0.1) is 0 Å². The quantitative estimate of drug-likeness (QED) is 0.0502. The lowest BCUT2D eigenvalue weighted by molar-refractivity contribution is -0.129. The highest BCUT2D eigenvalue weighted by molar-refractivity contribution is 5.85. The first-order valence-electron chi connectivity index (χ1n) is 19.7. The van der Waals surface area contributed by atoms with Gasteiger partial charge in [0.15, 0.2) is 0 Å². The van der Waals surface area contributed by atoms with E-state index in [0.717, 1.165) is 84.7 Å². The van der Waals surface area contributed by atoms with Gasteiger partial charge in [0, 0.05) is 40.2 Å². The van der Waals surface area contributed by atoms with Gasteiger partial charge < -0.3 is 19.3 Å². The van der Waals surface area contributed by atoms with Crippen LogP contribution in [-0.2, 0) is 9.59 Å². The summed E-state index contributed by atoms with van der Waals surface area (Å²) in [7, 11) is 0. The van der Waals surface area contributed by atoms with Gasteiger partial charge in [0.1, 0.15) is 11.5 Å². The maximum absolute atomic E-state index is 11.6. The Labute approximate surface area is 350 Å². The lowest BCUT2D eigenvalue weighted by Crippen LogP contribution is -2.11. The molecule has 6 heteroatoms. The molecule has 0 aliphatic heterocycles. The summed E-state index contributed by atoms with van der Waals surface area (Å²) in [4.78, 5) is 27.0. The second-order valence-electron chi connectivity index (χ2n) is 14.3. The highest BCUT2D eigenvalue weighted by atomic mass is 16.5. The molecule has 0 spiro atoms. The molecule has 0 aliphatic carbocycles. The van der Waals surface area contributed by atoms with E-state index < -0.39 is 5.97 Å². The van der Waals surface area contributed by atoms with Crippen molar-refractivity contribution in [3.05, 3.63) is 218 Å². The molecule has 8 aromatic carbocycles. The Morgan fingerprint density at radius 3 is 1.17 bits per heavy atom. The molecule has 0 heterocycles. The van der Waals surface area contributed by atoms with Gasteiger partial charge in [-0.15, -0.1) is 0 Å². The Hall–Kier alpha value is -7.96. The van der Waals surface area contributed by atoms with Crippen LogP contribution in [0.4, 0.5) is 34.1 Å².